The Hall–Kier alpha value is -0.480. The summed E-state index contributed by atoms with van der Waals surface area (Å²) in [5.74, 6) is 0. The maximum absolute atomic E-state index is 11.0. The van der Waals surface area contributed by atoms with E-state index < -0.39 is 0 Å². The largest absolute Gasteiger partial charge is 0.450 e. The Morgan fingerprint density at radius 1 is 1.62 bits per heavy atom. The van der Waals surface area contributed by atoms with Crippen LogP contribution in [-0.2, 0) is 4.74 Å². The van der Waals surface area contributed by atoms with E-state index >= 15 is 0 Å². The molecule has 1 heterocycles. The summed E-state index contributed by atoms with van der Waals surface area (Å²) in [7, 11) is 0. The highest BCUT2D eigenvalue weighted by atomic mass is 35.5. The van der Waals surface area contributed by atoms with Crippen LogP contribution in [0.4, 0.5) is 4.79 Å². The van der Waals surface area contributed by atoms with Crippen LogP contribution in [-0.4, -0.2) is 31.8 Å². The van der Waals surface area contributed by atoms with Gasteiger partial charge >= 0.3 is 6.09 Å². The molecule has 78 valence electrons. The summed E-state index contributed by atoms with van der Waals surface area (Å²) in [6.45, 7) is 4.32. The predicted octanol–water partition coefficient (Wildman–Crippen LogP) is 0.906. The van der Waals surface area contributed by atoms with Gasteiger partial charge in [0.25, 0.3) is 0 Å². The molecule has 0 saturated carbocycles. The molecule has 0 aliphatic carbocycles. The average Bonchev–Trinajstić information content (AvgIpc) is 1.98. The first kappa shape index (κ1) is 12.5. The molecule has 5 heteroatoms. The third-order valence-electron chi connectivity index (χ3n) is 1.83. The lowest BCUT2D eigenvalue weighted by Crippen LogP contribution is -2.57. The van der Waals surface area contributed by atoms with Crippen molar-refractivity contribution in [3.8, 4) is 0 Å². The summed E-state index contributed by atoms with van der Waals surface area (Å²) in [6, 6.07) is 0.277. The van der Waals surface area contributed by atoms with E-state index in [1.54, 1.807) is 0 Å². The molecule has 0 aromatic rings. The number of halogens is 1. The van der Waals surface area contributed by atoms with Gasteiger partial charge in [-0.1, -0.05) is 13.3 Å². The summed E-state index contributed by atoms with van der Waals surface area (Å²) < 4.78 is 4.91. The highest BCUT2D eigenvalue weighted by Gasteiger charge is 2.18. The third kappa shape index (κ3) is 4.95. The standard InChI is InChI=1S/C8H16N2O2.ClH/c1-2-3-4-12-8(11)10-7-5-9-6-7;/h7,9H,2-6H2,1H3,(H,10,11);1H. The number of unbranched alkanes of at least 4 members (excludes halogenated alkanes) is 1. The molecule has 1 fully saturated rings. The van der Waals surface area contributed by atoms with Crippen LogP contribution >= 0.6 is 12.4 Å². The van der Waals surface area contributed by atoms with E-state index in [1.807, 2.05) is 0 Å². The van der Waals surface area contributed by atoms with Gasteiger partial charge in [0.15, 0.2) is 0 Å². The minimum atomic E-state index is -0.282. The van der Waals surface area contributed by atoms with Crippen LogP contribution in [0.3, 0.4) is 0 Å². The van der Waals surface area contributed by atoms with Gasteiger partial charge < -0.3 is 15.4 Å². The Labute approximate surface area is 84.8 Å². The Bertz CT molecular complexity index is 151. The van der Waals surface area contributed by atoms with Gasteiger partial charge in [0.2, 0.25) is 0 Å². The molecule has 0 unspecified atom stereocenters. The lowest BCUT2D eigenvalue weighted by atomic mass is 10.2. The zero-order valence-corrected chi connectivity index (χ0v) is 8.65. The molecule has 1 saturated heterocycles. The molecule has 0 bridgehead atoms. The van der Waals surface area contributed by atoms with Gasteiger partial charge in [-0.15, -0.1) is 12.4 Å². The van der Waals surface area contributed by atoms with Gasteiger partial charge in [-0.25, -0.2) is 4.79 Å². The highest BCUT2D eigenvalue weighted by molar-refractivity contribution is 5.85. The zero-order valence-electron chi connectivity index (χ0n) is 7.84. The maximum Gasteiger partial charge on any atom is 0.407 e. The number of nitrogens with one attached hydrogen (secondary N) is 2. The minimum Gasteiger partial charge on any atom is -0.450 e. The van der Waals surface area contributed by atoms with Crippen LogP contribution in [0.1, 0.15) is 19.8 Å². The number of carbonyl (C=O) groups excluding carboxylic acids is 1. The molecule has 13 heavy (non-hydrogen) atoms. The molecule has 0 aromatic carbocycles. The third-order valence-corrected chi connectivity index (χ3v) is 1.83. The maximum atomic E-state index is 11.0. The zero-order chi connectivity index (χ0) is 8.81. The van der Waals surface area contributed by atoms with Crippen molar-refractivity contribution >= 4 is 18.5 Å². The molecule has 1 aliphatic heterocycles. The molecule has 0 atom stereocenters. The first-order valence-corrected chi connectivity index (χ1v) is 4.47. The van der Waals surface area contributed by atoms with Crippen molar-refractivity contribution < 1.29 is 9.53 Å². The second-order valence-electron chi connectivity index (χ2n) is 2.99. The van der Waals surface area contributed by atoms with Gasteiger partial charge in [0.1, 0.15) is 0 Å². The molecule has 0 spiro atoms. The van der Waals surface area contributed by atoms with Crippen molar-refractivity contribution in [2.75, 3.05) is 19.7 Å². The Morgan fingerprint density at radius 2 is 2.31 bits per heavy atom. The molecule has 4 nitrogen and oxygen atoms in total. The van der Waals surface area contributed by atoms with E-state index in [-0.39, 0.29) is 24.5 Å². The van der Waals surface area contributed by atoms with E-state index in [9.17, 15) is 4.79 Å². The van der Waals surface area contributed by atoms with Crippen molar-refractivity contribution in [3.05, 3.63) is 0 Å². The summed E-state index contributed by atoms with van der Waals surface area (Å²) in [6.07, 6.45) is 1.71. The van der Waals surface area contributed by atoms with E-state index in [0.29, 0.717) is 6.61 Å². The van der Waals surface area contributed by atoms with Crippen LogP contribution in [0, 0.1) is 0 Å². The van der Waals surface area contributed by atoms with Gasteiger partial charge in [0, 0.05) is 13.1 Å². The number of hydrogen-bond donors (Lipinski definition) is 2. The fraction of sp³-hybridized carbons (Fsp3) is 0.875. The van der Waals surface area contributed by atoms with Crippen LogP contribution < -0.4 is 10.6 Å². The predicted molar refractivity (Wildman–Crippen MR) is 53.3 cm³/mol. The van der Waals surface area contributed by atoms with Crippen LogP contribution in [0.15, 0.2) is 0 Å². The summed E-state index contributed by atoms with van der Waals surface area (Å²) in [5, 5.41) is 5.82. The molecular formula is C8H17ClN2O2. The van der Waals surface area contributed by atoms with Crippen molar-refractivity contribution in [3.63, 3.8) is 0 Å². The van der Waals surface area contributed by atoms with E-state index in [4.69, 9.17) is 4.74 Å². The monoisotopic (exact) mass is 208 g/mol. The normalized spacial score (nSPS) is 15.5. The van der Waals surface area contributed by atoms with Crippen molar-refractivity contribution in [2.24, 2.45) is 0 Å². The summed E-state index contributed by atoms with van der Waals surface area (Å²) >= 11 is 0. The van der Waals surface area contributed by atoms with Gasteiger partial charge in [-0.3, -0.25) is 0 Å². The van der Waals surface area contributed by atoms with Crippen molar-refractivity contribution in [2.45, 2.75) is 25.8 Å². The average molecular weight is 209 g/mol. The van der Waals surface area contributed by atoms with E-state index in [2.05, 4.69) is 17.6 Å². The Morgan fingerprint density at radius 3 is 2.77 bits per heavy atom. The smallest absolute Gasteiger partial charge is 0.407 e. The summed E-state index contributed by atoms with van der Waals surface area (Å²) in [4.78, 5) is 11.0. The highest BCUT2D eigenvalue weighted by Crippen LogP contribution is 1.93. The molecule has 1 rings (SSSR count). The Balaban J connectivity index is 0.00000144. The van der Waals surface area contributed by atoms with Crippen LogP contribution in [0.5, 0.6) is 0 Å². The van der Waals surface area contributed by atoms with Crippen LogP contribution in [0.25, 0.3) is 0 Å². The van der Waals surface area contributed by atoms with E-state index in [0.717, 1.165) is 25.9 Å². The van der Waals surface area contributed by atoms with Crippen LogP contribution in [0.2, 0.25) is 0 Å². The molecule has 1 amide bonds. The van der Waals surface area contributed by atoms with Crippen molar-refractivity contribution in [1.82, 2.24) is 10.6 Å². The second kappa shape index (κ2) is 6.97. The number of alkyl carbamates (subject to hydrolysis) is 1. The number of amides is 1. The number of carbonyl (C=O) groups is 1. The minimum absolute atomic E-state index is 0. The first-order valence-electron chi connectivity index (χ1n) is 4.47. The lowest BCUT2D eigenvalue weighted by Gasteiger charge is -2.27. The lowest BCUT2D eigenvalue weighted by molar-refractivity contribution is 0.137. The number of rotatable bonds is 4. The van der Waals surface area contributed by atoms with Gasteiger partial charge in [-0.2, -0.15) is 0 Å². The van der Waals surface area contributed by atoms with E-state index in [1.165, 1.54) is 0 Å². The molecule has 2 N–H and O–H groups in total. The topological polar surface area (TPSA) is 50.4 Å². The van der Waals surface area contributed by atoms with Crippen molar-refractivity contribution in [1.29, 1.82) is 0 Å². The van der Waals surface area contributed by atoms with Gasteiger partial charge in [-0.05, 0) is 6.42 Å². The number of hydrogen-bond acceptors (Lipinski definition) is 3. The second-order valence-corrected chi connectivity index (χ2v) is 2.99. The fourth-order valence-electron chi connectivity index (χ4n) is 0.908. The molecule has 0 radical (unpaired) electrons. The number of ether oxygens (including phenoxy) is 1. The molecule has 1 aliphatic rings. The fourth-order valence-corrected chi connectivity index (χ4v) is 0.908. The quantitative estimate of drug-likeness (QED) is 0.676. The Kier molecular flexibility index (Phi) is 6.72. The van der Waals surface area contributed by atoms with Gasteiger partial charge in [0.05, 0.1) is 12.6 Å². The summed E-state index contributed by atoms with van der Waals surface area (Å²) in [5.41, 5.74) is 0. The first-order chi connectivity index (χ1) is 5.83. The molecule has 0 aromatic heterocycles. The molecular weight excluding hydrogens is 192 g/mol. The SMILES string of the molecule is CCCCOC(=O)NC1CNC1.Cl.